The van der Waals surface area contributed by atoms with Gasteiger partial charge in [0.15, 0.2) is 0 Å². The first kappa shape index (κ1) is 41.9. The molecule has 0 fully saturated rings. The summed E-state index contributed by atoms with van der Waals surface area (Å²) in [5.74, 6) is -0.00728. The minimum atomic E-state index is -0.0182. The molecule has 0 aliphatic rings. The normalized spacial score (nSPS) is 12.1. The van der Waals surface area contributed by atoms with Crippen molar-refractivity contribution in [2.45, 2.75) is 194 Å². The van der Waals surface area contributed by atoms with E-state index in [2.05, 4.69) is 25.7 Å². The van der Waals surface area contributed by atoms with Crippen LogP contribution in [0.25, 0.3) is 0 Å². The van der Waals surface area contributed by atoms with Gasteiger partial charge >= 0.3 is 11.9 Å². The molecule has 0 heterocycles. The fourth-order valence-corrected chi connectivity index (χ4v) is 5.61. The lowest BCUT2D eigenvalue weighted by Gasteiger charge is -2.22. The van der Waals surface area contributed by atoms with Gasteiger partial charge in [-0.25, -0.2) is 0 Å². The van der Waals surface area contributed by atoms with E-state index in [9.17, 15) is 9.59 Å². The fourth-order valence-electron chi connectivity index (χ4n) is 5.61. The molecule has 0 aliphatic carbocycles. The van der Waals surface area contributed by atoms with E-state index >= 15 is 0 Å². The van der Waals surface area contributed by atoms with Crippen LogP contribution >= 0.6 is 0 Å². The van der Waals surface area contributed by atoms with Gasteiger partial charge in [0.05, 0.1) is 6.61 Å². The molecule has 2 N–H and O–H groups in total. The second-order valence-corrected chi connectivity index (χ2v) is 12.8. The number of ether oxygens (including phenoxy) is 2. The Hall–Kier alpha value is -1.14. The van der Waals surface area contributed by atoms with Crippen LogP contribution in [0.3, 0.4) is 0 Å². The molecule has 0 rings (SSSR count). The minimum absolute atomic E-state index is 0.0109. The predicted octanol–water partition coefficient (Wildman–Crippen LogP) is 9.90. The van der Waals surface area contributed by atoms with Crippen molar-refractivity contribution in [3.8, 4) is 0 Å². The molecule has 0 radical (unpaired) electrons. The van der Waals surface area contributed by atoms with Crippen molar-refractivity contribution in [3.63, 3.8) is 0 Å². The van der Waals surface area contributed by atoms with Gasteiger partial charge in [0.2, 0.25) is 0 Å². The Kier molecular flexibility index (Phi) is 32.9. The molecule has 0 saturated carbocycles. The summed E-state index contributed by atoms with van der Waals surface area (Å²) >= 11 is 0. The van der Waals surface area contributed by atoms with Crippen LogP contribution in [0.4, 0.5) is 0 Å². The Morgan fingerprint density at radius 2 is 1.00 bits per heavy atom. The van der Waals surface area contributed by atoms with Crippen molar-refractivity contribution in [2.75, 3.05) is 32.8 Å². The number of unbranched alkanes of at least 4 members (excludes halogenated alkanes) is 16. The zero-order chi connectivity index (χ0) is 31.6. The van der Waals surface area contributed by atoms with Gasteiger partial charge in [0, 0.05) is 12.8 Å². The number of hydrogen-bond donors (Lipinski definition) is 1. The summed E-state index contributed by atoms with van der Waals surface area (Å²) in [7, 11) is 0. The van der Waals surface area contributed by atoms with Crippen molar-refractivity contribution in [2.24, 2.45) is 5.73 Å². The van der Waals surface area contributed by atoms with Gasteiger partial charge in [0.1, 0.15) is 6.10 Å². The Labute approximate surface area is 268 Å². The summed E-state index contributed by atoms with van der Waals surface area (Å²) in [5.41, 5.74) is 5.74. The van der Waals surface area contributed by atoms with Gasteiger partial charge in [-0.15, -0.1) is 0 Å². The second kappa shape index (κ2) is 33.7. The Balaban J connectivity index is 3.94. The summed E-state index contributed by atoms with van der Waals surface area (Å²) in [6.45, 7) is 11.5. The summed E-state index contributed by atoms with van der Waals surface area (Å²) in [5, 5.41) is 0. The standard InChI is InChI=1S/C37H74N2O4/c1-4-7-10-17-25-34-42-36(40)28-19-13-11-15-22-31-39(33-24-21-30-38)32-23-16-12-14-20-29-37(41)43-35(26-9-6-3)27-18-8-5-2/h35H,4-34,38H2,1-3H3. The predicted molar refractivity (Wildman–Crippen MR) is 183 cm³/mol. The van der Waals surface area contributed by atoms with Crippen LogP contribution < -0.4 is 5.73 Å². The largest absolute Gasteiger partial charge is 0.466 e. The Morgan fingerprint density at radius 3 is 1.60 bits per heavy atom. The first-order chi connectivity index (χ1) is 21.1. The number of carbonyl (C=O) groups excluding carboxylic acids is 2. The van der Waals surface area contributed by atoms with Crippen LogP contribution in [0.1, 0.15) is 188 Å². The highest BCUT2D eigenvalue weighted by atomic mass is 16.5. The van der Waals surface area contributed by atoms with Gasteiger partial charge in [-0.2, -0.15) is 0 Å². The van der Waals surface area contributed by atoms with Gasteiger partial charge in [0.25, 0.3) is 0 Å². The maximum absolute atomic E-state index is 12.4. The summed E-state index contributed by atoms with van der Waals surface area (Å²) < 4.78 is 11.2. The van der Waals surface area contributed by atoms with Crippen LogP contribution in [-0.4, -0.2) is 55.7 Å². The van der Waals surface area contributed by atoms with E-state index < -0.39 is 0 Å². The second-order valence-electron chi connectivity index (χ2n) is 12.8. The maximum Gasteiger partial charge on any atom is 0.306 e. The van der Waals surface area contributed by atoms with E-state index in [-0.39, 0.29) is 18.0 Å². The first-order valence-electron chi connectivity index (χ1n) is 18.8. The molecule has 6 heteroatoms. The number of hydrogen-bond acceptors (Lipinski definition) is 6. The topological polar surface area (TPSA) is 81.9 Å². The molecule has 0 aromatic carbocycles. The molecule has 1 unspecified atom stereocenters. The van der Waals surface area contributed by atoms with Gasteiger partial charge in [-0.3, -0.25) is 9.59 Å². The van der Waals surface area contributed by atoms with Gasteiger partial charge in [-0.1, -0.05) is 111 Å². The van der Waals surface area contributed by atoms with Gasteiger partial charge < -0.3 is 20.1 Å². The highest BCUT2D eigenvalue weighted by Crippen LogP contribution is 2.16. The van der Waals surface area contributed by atoms with Crippen molar-refractivity contribution in [1.29, 1.82) is 0 Å². The summed E-state index contributed by atoms with van der Waals surface area (Å²) in [6.07, 6.45) is 28.9. The molecule has 0 aromatic rings. The number of rotatable bonds is 34. The van der Waals surface area contributed by atoms with Crippen molar-refractivity contribution >= 4 is 11.9 Å². The van der Waals surface area contributed by atoms with Crippen LogP contribution in [0.5, 0.6) is 0 Å². The lowest BCUT2D eigenvalue weighted by Crippen LogP contribution is -2.27. The molecule has 0 bridgehead atoms. The zero-order valence-electron chi connectivity index (χ0n) is 29.2. The van der Waals surface area contributed by atoms with Crippen LogP contribution in [-0.2, 0) is 19.1 Å². The number of nitrogens with zero attached hydrogens (tertiary/aromatic N) is 1. The van der Waals surface area contributed by atoms with Crippen LogP contribution in [0, 0.1) is 0 Å². The summed E-state index contributed by atoms with van der Waals surface area (Å²) in [4.78, 5) is 26.9. The third-order valence-electron chi connectivity index (χ3n) is 8.46. The number of nitrogens with two attached hydrogens (primary N) is 1. The number of carbonyl (C=O) groups is 2. The van der Waals surface area contributed by atoms with Crippen molar-refractivity contribution in [1.82, 2.24) is 4.90 Å². The molecule has 1 atom stereocenters. The van der Waals surface area contributed by atoms with E-state index in [1.807, 2.05) is 0 Å². The quantitative estimate of drug-likeness (QED) is 0.0577. The first-order valence-corrected chi connectivity index (χ1v) is 18.8. The lowest BCUT2D eigenvalue weighted by molar-refractivity contribution is -0.150. The van der Waals surface area contributed by atoms with E-state index in [0.29, 0.717) is 19.4 Å². The average Bonchev–Trinajstić information content (AvgIpc) is 3.00. The molecule has 0 aromatic heterocycles. The van der Waals surface area contributed by atoms with Gasteiger partial charge in [-0.05, 0) is 90.4 Å². The highest BCUT2D eigenvalue weighted by Gasteiger charge is 2.14. The van der Waals surface area contributed by atoms with E-state index in [4.69, 9.17) is 15.2 Å². The smallest absolute Gasteiger partial charge is 0.306 e. The molecule has 0 aliphatic heterocycles. The minimum Gasteiger partial charge on any atom is -0.466 e. The van der Waals surface area contributed by atoms with Crippen LogP contribution in [0.2, 0.25) is 0 Å². The SMILES string of the molecule is CCCCCCCOC(=O)CCCCCCCN(CCCCN)CCCCCCCC(=O)OC(CCCC)CCCCC. The summed E-state index contributed by atoms with van der Waals surface area (Å²) in [6, 6.07) is 0. The Morgan fingerprint density at radius 1 is 0.535 bits per heavy atom. The van der Waals surface area contributed by atoms with E-state index in [0.717, 1.165) is 90.4 Å². The molecular weight excluding hydrogens is 536 g/mol. The molecule has 0 spiro atoms. The molecule has 0 amide bonds. The zero-order valence-corrected chi connectivity index (χ0v) is 29.2. The maximum atomic E-state index is 12.4. The number of esters is 2. The Bertz CT molecular complexity index is 601. The molecular formula is C37H74N2O4. The average molecular weight is 611 g/mol. The molecule has 43 heavy (non-hydrogen) atoms. The highest BCUT2D eigenvalue weighted by molar-refractivity contribution is 5.69. The molecule has 256 valence electrons. The molecule has 0 saturated heterocycles. The third kappa shape index (κ3) is 30.7. The van der Waals surface area contributed by atoms with E-state index in [1.54, 1.807) is 0 Å². The van der Waals surface area contributed by atoms with Crippen LogP contribution in [0.15, 0.2) is 0 Å². The van der Waals surface area contributed by atoms with Crippen molar-refractivity contribution < 1.29 is 19.1 Å². The van der Waals surface area contributed by atoms with E-state index in [1.165, 1.54) is 89.9 Å². The van der Waals surface area contributed by atoms with Crippen molar-refractivity contribution in [3.05, 3.63) is 0 Å². The lowest BCUT2D eigenvalue weighted by atomic mass is 10.1. The fraction of sp³-hybridized carbons (Fsp3) is 0.946. The molecule has 6 nitrogen and oxygen atoms in total. The monoisotopic (exact) mass is 611 g/mol. The third-order valence-corrected chi connectivity index (χ3v) is 8.46.